The van der Waals surface area contributed by atoms with Crippen LogP contribution >= 0.6 is 0 Å². The summed E-state index contributed by atoms with van der Waals surface area (Å²) in [6, 6.07) is 0.0166. The molecule has 0 aromatic rings. The van der Waals surface area contributed by atoms with E-state index in [1.807, 2.05) is 0 Å². The first-order valence-electron chi connectivity index (χ1n) is 5.97. The molecule has 1 heterocycles. The van der Waals surface area contributed by atoms with Gasteiger partial charge in [-0.25, -0.2) is 4.79 Å². The highest BCUT2D eigenvalue weighted by Crippen LogP contribution is 2.07. The van der Waals surface area contributed by atoms with Crippen LogP contribution in [0.15, 0.2) is 0 Å². The molecule has 1 aliphatic heterocycles. The predicted molar refractivity (Wildman–Crippen MR) is 65.7 cm³/mol. The van der Waals surface area contributed by atoms with Gasteiger partial charge in [-0.15, -0.1) is 0 Å². The third-order valence-corrected chi connectivity index (χ3v) is 3.07. The maximum absolute atomic E-state index is 11.4. The van der Waals surface area contributed by atoms with Gasteiger partial charge in [0.2, 0.25) is 5.91 Å². The molecule has 6 nitrogen and oxygen atoms in total. The Kier molecular flexibility index (Phi) is 5.37. The molecule has 0 radical (unpaired) electrons. The van der Waals surface area contributed by atoms with E-state index in [4.69, 9.17) is 0 Å². The van der Waals surface area contributed by atoms with E-state index >= 15 is 0 Å². The number of piperazine rings is 1. The van der Waals surface area contributed by atoms with Crippen molar-refractivity contribution in [2.45, 2.75) is 19.4 Å². The molecule has 2 N–H and O–H groups in total. The number of hydrogen-bond donors (Lipinski definition) is 2. The number of amides is 3. The van der Waals surface area contributed by atoms with E-state index in [0.717, 1.165) is 19.6 Å². The summed E-state index contributed by atoms with van der Waals surface area (Å²) in [7, 11) is 3.59. The maximum atomic E-state index is 11.4. The van der Waals surface area contributed by atoms with Crippen LogP contribution in [0.2, 0.25) is 0 Å². The number of carbonyl (C=O) groups is 2. The van der Waals surface area contributed by atoms with Crippen molar-refractivity contribution < 1.29 is 9.59 Å². The number of carbonyl (C=O) groups excluding carboxylic acids is 2. The van der Waals surface area contributed by atoms with Crippen molar-refractivity contribution in [3.05, 3.63) is 0 Å². The fraction of sp³-hybridized carbons (Fsp3) is 0.818. The van der Waals surface area contributed by atoms with Crippen molar-refractivity contribution in [1.29, 1.82) is 0 Å². The van der Waals surface area contributed by atoms with Crippen molar-refractivity contribution in [1.82, 2.24) is 20.4 Å². The largest absolute Gasteiger partial charge is 0.341 e. The highest BCUT2D eigenvalue weighted by Gasteiger charge is 2.21. The minimum absolute atomic E-state index is 0.226. The van der Waals surface area contributed by atoms with Gasteiger partial charge in [-0.05, 0) is 14.0 Å². The summed E-state index contributed by atoms with van der Waals surface area (Å²) < 4.78 is 0. The van der Waals surface area contributed by atoms with Crippen LogP contribution in [-0.2, 0) is 4.79 Å². The molecule has 1 atom stereocenters. The fourth-order valence-electron chi connectivity index (χ4n) is 2.01. The van der Waals surface area contributed by atoms with Crippen LogP contribution < -0.4 is 10.6 Å². The SMILES string of the molecule is CNC(=O)NC(=O)CCN1CCN(C)C[C@H]1C. The molecule has 0 saturated carbocycles. The highest BCUT2D eigenvalue weighted by molar-refractivity contribution is 5.94. The number of nitrogens with zero attached hydrogens (tertiary/aromatic N) is 2. The monoisotopic (exact) mass is 242 g/mol. The Bertz CT molecular complexity index is 283. The second-order valence-electron chi connectivity index (χ2n) is 4.52. The molecule has 6 heteroatoms. The number of hydrogen-bond acceptors (Lipinski definition) is 4. The third kappa shape index (κ3) is 4.70. The summed E-state index contributed by atoms with van der Waals surface area (Å²) in [4.78, 5) is 26.9. The summed E-state index contributed by atoms with van der Waals surface area (Å²) >= 11 is 0. The smallest absolute Gasteiger partial charge is 0.321 e. The maximum Gasteiger partial charge on any atom is 0.321 e. The van der Waals surface area contributed by atoms with Crippen molar-refractivity contribution in [2.75, 3.05) is 40.3 Å². The van der Waals surface area contributed by atoms with Gasteiger partial charge < -0.3 is 10.2 Å². The summed E-state index contributed by atoms with van der Waals surface area (Å²) in [6.07, 6.45) is 0.363. The Morgan fingerprint density at radius 2 is 2.06 bits per heavy atom. The number of rotatable bonds is 3. The molecule has 1 rings (SSSR count). The zero-order valence-electron chi connectivity index (χ0n) is 10.8. The van der Waals surface area contributed by atoms with Gasteiger partial charge in [-0.2, -0.15) is 0 Å². The van der Waals surface area contributed by atoms with Gasteiger partial charge in [0.1, 0.15) is 0 Å². The van der Waals surface area contributed by atoms with E-state index in [1.54, 1.807) is 0 Å². The van der Waals surface area contributed by atoms with Crippen molar-refractivity contribution in [2.24, 2.45) is 0 Å². The Labute approximate surface area is 102 Å². The van der Waals surface area contributed by atoms with Crippen LogP contribution in [0, 0.1) is 0 Å². The van der Waals surface area contributed by atoms with Crippen LogP contribution in [0.25, 0.3) is 0 Å². The summed E-state index contributed by atoms with van der Waals surface area (Å²) in [5.41, 5.74) is 0. The second-order valence-corrected chi connectivity index (χ2v) is 4.52. The molecule has 3 amide bonds. The third-order valence-electron chi connectivity index (χ3n) is 3.07. The van der Waals surface area contributed by atoms with E-state index in [9.17, 15) is 9.59 Å². The van der Waals surface area contributed by atoms with Gasteiger partial charge in [0, 0.05) is 45.7 Å². The molecule has 98 valence electrons. The first-order chi connectivity index (χ1) is 8.02. The predicted octanol–water partition coefficient (Wildman–Crippen LogP) is -0.532. The zero-order chi connectivity index (χ0) is 12.8. The van der Waals surface area contributed by atoms with E-state index in [-0.39, 0.29) is 5.91 Å². The lowest BCUT2D eigenvalue weighted by molar-refractivity contribution is -0.120. The Balaban J connectivity index is 2.26. The number of urea groups is 1. The van der Waals surface area contributed by atoms with E-state index < -0.39 is 6.03 Å². The minimum atomic E-state index is -0.443. The van der Waals surface area contributed by atoms with E-state index in [0.29, 0.717) is 19.0 Å². The molecular formula is C11H22N4O2. The van der Waals surface area contributed by atoms with Gasteiger partial charge in [-0.3, -0.25) is 15.0 Å². The van der Waals surface area contributed by atoms with Gasteiger partial charge in [-0.1, -0.05) is 0 Å². The molecule has 17 heavy (non-hydrogen) atoms. The molecule has 0 bridgehead atoms. The lowest BCUT2D eigenvalue weighted by atomic mass is 10.2. The molecule has 1 saturated heterocycles. The Hall–Kier alpha value is -1.14. The normalized spacial score (nSPS) is 22.2. The first-order valence-corrected chi connectivity index (χ1v) is 5.97. The standard InChI is InChI=1S/C11H22N4O2/c1-9-8-14(3)6-7-15(9)5-4-10(16)13-11(17)12-2/h9H,4-8H2,1-3H3,(H2,12,13,16,17)/t9-/m1/s1. The van der Waals surface area contributed by atoms with Crippen LogP contribution in [0.3, 0.4) is 0 Å². The van der Waals surface area contributed by atoms with Gasteiger partial charge in [0.05, 0.1) is 0 Å². The lowest BCUT2D eigenvalue weighted by Crippen LogP contribution is -2.51. The van der Waals surface area contributed by atoms with Crippen molar-refractivity contribution in [3.8, 4) is 0 Å². The lowest BCUT2D eigenvalue weighted by Gasteiger charge is -2.38. The molecule has 0 aromatic carbocycles. The Morgan fingerprint density at radius 1 is 1.35 bits per heavy atom. The molecule has 0 spiro atoms. The first kappa shape index (κ1) is 13.9. The Morgan fingerprint density at radius 3 is 2.65 bits per heavy atom. The molecule has 1 aliphatic rings. The topological polar surface area (TPSA) is 64.7 Å². The van der Waals surface area contributed by atoms with Crippen molar-refractivity contribution >= 4 is 11.9 Å². The van der Waals surface area contributed by atoms with Gasteiger partial charge in [0.25, 0.3) is 0 Å². The quantitative estimate of drug-likeness (QED) is 0.698. The fourth-order valence-corrected chi connectivity index (χ4v) is 2.01. The summed E-state index contributed by atoms with van der Waals surface area (Å²) in [5, 5.41) is 4.62. The van der Waals surface area contributed by atoms with Gasteiger partial charge in [0.15, 0.2) is 0 Å². The van der Waals surface area contributed by atoms with Gasteiger partial charge >= 0.3 is 6.03 Å². The average molecular weight is 242 g/mol. The summed E-state index contributed by atoms with van der Waals surface area (Å²) in [5.74, 6) is -0.226. The van der Waals surface area contributed by atoms with E-state index in [1.165, 1.54) is 7.05 Å². The zero-order valence-corrected chi connectivity index (χ0v) is 10.8. The molecule has 0 unspecified atom stereocenters. The van der Waals surface area contributed by atoms with Crippen LogP contribution in [0.5, 0.6) is 0 Å². The van der Waals surface area contributed by atoms with Crippen LogP contribution in [0.4, 0.5) is 4.79 Å². The number of likely N-dealkylation sites (N-methyl/N-ethyl adjacent to an activating group) is 1. The number of imide groups is 1. The number of nitrogens with one attached hydrogen (secondary N) is 2. The second kappa shape index (κ2) is 6.56. The molecule has 1 fully saturated rings. The van der Waals surface area contributed by atoms with Crippen LogP contribution in [-0.4, -0.2) is 68.1 Å². The summed E-state index contributed by atoms with van der Waals surface area (Å²) in [6.45, 7) is 5.90. The average Bonchev–Trinajstić information content (AvgIpc) is 2.27. The minimum Gasteiger partial charge on any atom is -0.341 e. The molecular weight excluding hydrogens is 220 g/mol. The highest BCUT2D eigenvalue weighted by atomic mass is 16.2. The van der Waals surface area contributed by atoms with Crippen LogP contribution in [0.1, 0.15) is 13.3 Å². The molecule has 0 aliphatic carbocycles. The molecule has 0 aromatic heterocycles. The van der Waals surface area contributed by atoms with Crippen molar-refractivity contribution in [3.63, 3.8) is 0 Å². The van der Waals surface area contributed by atoms with E-state index in [2.05, 4.69) is 34.4 Å².